The lowest BCUT2D eigenvalue weighted by molar-refractivity contribution is -0.123. The predicted octanol–water partition coefficient (Wildman–Crippen LogP) is 1.28. The molecular weight excluding hydrogens is 309 g/mol. The highest BCUT2D eigenvalue weighted by atomic mass is 35.5. The van der Waals surface area contributed by atoms with Crippen LogP contribution < -0.4 is 10.5 Å². The van der Waals surface area contributed by atoms with Gasteiger partial charge in [-0.1, -0.05) is 11.6 Å². The Labute approximate surface area is 111 Å². The van der Waals surface area contributed by atoms with Crippen LogP contribution in [0.15, 0.2) is 23.1 Å². The quantitative estimate of drug-likeness (QED) is 0.880. The van der Waals surface area contributed by atoms with E-state index >= 15 is 0 Å². The average molecular weight is 317 g/mol. The van der Waals surface area contributed by atoms with Crippen molar-refractivity contribution in [3.8, 4) is 0 Å². The summed E-state index contributed by atoms with van der Waals surface area (Å²) >= 11 is 5.56. The molecule has 0 saturated heterocycles. The molecule has 1 amide bonds. The number of primary sulfonamides is 1. The van der Waals surface area contributed by atoms with E-state index in [0.29, 0.717) is 0 Å². The molecule has 0 atom stereocenters. The molecule has 0 aliphatic rings. The molecule has 0 aromatic heterocycles. The molecule has 0 unspecified atom stereocenters. The largest absolute Gasteiger partial charge is 0.405 e. The molecule has 19 heavy (non-hydrogen) atoms. The maximum atomic E-state index is 11.9. The fourth-order valence-corrected chi connectivity index (χ4v) is 2.22. The Hall–Kier alpha value is -1.32. The molecule has 0 fully saturated rings. The fraction of sp³-hybridized carbons (Fsp3) is 0.222. The Balaban J connectivity index is 3.00. The summed E-state index contributed by atoms with van der Waals surface area (Å²) in [5.74, 6) is -1.08. The van der Waals surface area contributed by atoms with Crippen molar-refractivity contribution in [3.63, 3.8) is 0 Å². The van der Waals surface area contributed by atoms with E-state index in [-0.39, 0.29) is 10.6 Å². The third kappa shape index (κ3) is 4.69. The molecule has 0 radical (unpaired) electrons. The summed E-state index contributed by atoms with van der Waals surface area (Å²) in [5, 5.41) is 6.21. The number of sulfonamides is 1. The van der Waals surface area contributed by atoms with Crippen LogP contribution in [0.3, 0.4) is 0 Å². The van der Waals surface area contributed by atoms with Crippen molar-refractivity contribution < 1.29 is 26.4 Å². The zero-order valence-corrected chi connectivity index (χ0v) is 10.7. The van der Waals surface area contributed by atoms with Gasteiger partial charge in [-0.25, -0.2) is 13.6 Å². The lowest BCUT2D eigenvalue weighted by Crippen LogP contribution is -2.33. The topological polar surface area (TPSA) is 89.3 Å². The minimum atomic E-state index is -4.56. The molecule has 1 aromatic rings. The summed E-state index contributed by atoms with van der Waals surface area (Å²) in [4.78, 5) is 10.9. The van der Waals surface area contributed by atoms with Crippen LogP contribution in [-0.4, -0.2) is 27.0 Å². The number of halogens is 4. The number of carbonyl (C=O) groups is 1. The number of rotatable bonds is 3. The molecular formula is C9H8ClF3N2O3S. The number of benzene rings is 1. The van der Waals surface area contributed by atoms with Gasteiger partial charge in [0.15, 0.2) is 0 Å². The van der Waals surface area contributed by atoms with Gasteiger partial charge in [-0.15, -0.1) is 0 Å². The second-order valence-electron chi connectivity index (χ2n) is 3.49. The first kappa shape index (κ1) is 15.7. The van der Waals surface area contributed by atoms with Gasteiger partial charge in [-0.3, -0.25) is 4.79 Å². The Morgan fingerprint density at radius 2 is 1.95 bits per heavy atom. The van der Waals surface area contributed by atoms with Crippen molar-refractivity contribution in [1.82, 2.24) is 5.32 Å². The van der Waals surface area contributed by atoms with Crippen LogP contribution in [0.25, 0.3) is 0 Å². The number of alkyl halides is 3. The third-order valence-electron chi connectivity index (χ3n) is 1.95. The van der Waals surface area contributed by atoms with Crippen molar-refractivity contribution >= 4 is 27.5 Å². The summed E-state index contributed by atoms with van der Waals surface area (Å²) < 4.78 is 58.0. The van der Waals surface area contributed by atoms with Crippen LogP contribution in [0.1, 0.15) is 10.4 Å². The molecule has 10 heteroatoms. The molecule has 0 bridgehead atoms. The normalized spacial score (nSPS) is 12.3. The maximum absolute atomic E-state index is 11.9. The smallest absolute Gasteiger partial charge is 0.343 e. The van der Waals surface area contributed by atoms with Crippen LogP contribution >= 0.6 is 11.6 Å². The van der Waals surface area contributed by atoms with Gasteiger partial charge >= 0.3 is 6.18 Å². The van der Waals surface area contributed by atoms with E-state index < -0.39 is 33.5 Å². The third-order valence-corrected chi connectivity index (χ3v) is 3.34. The molecule has 1 rings (SSSR count). The van der Waals surface area contributed by atoms with Crippen molar-refractivity contribution in [2.75, 3.05) is 6.54 Å². The van der Waals surface area contributed by atoms with Gasteiger partial charge in [0.05, 0.1) is 5.02 Å². The minimum absolute atomic E-state index is 0.227. The second kappa shape index (κ2) is 5.35. The zero-order valence-electron chi connectivity index (χ0n) is 9.16. The van der Waals surface area contributed by atoms with E-state index in [1.54, 1.807) is 5.32 Å². The summed E-state index contributed by atoms with van der Waals surface area (Å²) in [6.07, 6.45) is -4.56. The SMILES string of the molecule is NS(=O)(=O)c1cc(C(=O)NCC(F)(F)F)ccc1Cl. The second-order valence-corrected chi connectivity index (χ2v) is 5.43. The van der Waals surface area contributed by atoms with Gasteiger partial charge < -0.3 is 5.32 Å². The lowest BCUT2D eigenvalue weighted by atomic mass is 10.2. The molecule has 1 aromatic carbocycles. The van der Waals surface area contributed by atoms with E-state index in [2.05, 4.69) is 0 Å². The molecule has 0 saturated carbocycles. The molecule has 0 spiro atoms. The number of amides is 1. The van der Waals surface area contributed by atoms with Gasteiger partial charge in [0.25, 0.3) is 5.91 Å². The first-order chi connectivity index (χ1) is 8.50. The van der Waals surface area contributed by atoms with Crippen LogP contribution in [0.4, 0.5) is 13.2 Å². The number of hydrogen-bond acceptors (Lipinski definition) is 3. The van der Waals surface area contributed by atoms with Gasteiger partial charge in [0, 0.05) is 5.56 Å². The molecule has 0 aliphatic carbocycles. The van der Waals surface area contributed by atoms with Gasteiger partial charge in [-0.2, -0.15) is 13.2 Å². The summed E-state index contributed by atoms with van der Waals surface area (Å²) in [5.41, 5.74) is -0.294. The highest BCUT2D eigenvalue weighted by molar-refractivity contribution is 7.89. The maximum Gasteiger partial charge on any atom is 0.405 e. The average Bonchev–Trinajstić information content (AvgIpc) is 2.24. The van der Waals surface area contributed by atoms with E-state index in [1.807, 2.05) is 0 Å². The molecule has 3 N–H and O–H groups in total. The van der Waals surface area contributed by atoms with Gasteiger partial charge in [0.1, 0.15) is 11.4 Å². The summed E-state index contributed by atoms with van der Waals surface area (Å²) in [7, 11) is -4.17. The predicted molar refractivity (Wildman–Crippen MR) is 61.2 cm³/mol. The van der Waals surface area contributed by atoms with Gasteiger partial charge in [-0.05, 0) is 18.2 Å². The van der Waals surface area contributed by atoms with Crippen molar-refractivity contribution in [1.29, 1.82) is 0 Å². The zero-order chi connectivity index (χ0) is 14.8. The van der Waals surface area contributed by atoms with Crippen molar-refractivity contribution in [2.24, 2.45) is 5.14 Å². The monoisotopic (exact) mass is 316 g/mol. The van der Waals surface area contributed by atoms with Crippen LogP contribution in [0, 0.1) is 0 Å². The van der Waals surface area contributed by atoms with E-state index in [4.69, 9.17) is 16.7 Å². The first-order valence-corrected chi connectivity index (χ1v) is 6.60. The van der Waals surface area contributed by atoms with E-state index in [0.717, 1.165) is 18.2 Å². The van der Waals surface area contributed by atoms with Crippen molar-refractivity contribution in [3.05, 3.63) is 28.8 Å². The standard InChI is InChI=1S/C9H8ClF3N2O3S/c10-6-2-1-5(3-7(6)19(14,17)18)8(16)15-4-9(11,12)13/h1-3H,4H2,(H,15,16)(H2,14,17,18). The molecule has 5 nitrogen and oxygen atoms in total. The molecule has 0 aliphatic heterocycles. The van der Waals surface area contributed by atoms with E-state index in [9.17, 15) is 26.4 Å². The Morgan fingerprint density at radius 1 is 1.37 bits per heavy atom. The van der Waals surface area contributed by atoms with Crippen LogP contribution in [0.2, 0.25) is 5.02 Å². The highest BCUT2D eigenvalue weighted by Gasteiger charge is 2.28. The fourth-order valence-electron chi connectivity index (χ4n) is 1.15. The first-order valence-electron chi connectivity index (χ1n) is 4.68. The highest BCUT2D eigenvalue weighted by Crippen LogP contribution is 2.21. The minimum Gasteiger partial charge on any atom is -0.343 e. The number of nitrogens with two attached hydrogens (primary N) is 1. The van der Waals surface area contributed by atoms with E-state index in [1.165, 1.54) is 0 Å². The number of nitrogens with one attached hydrogen (secondary N) is 1. The lowest BCUT2D eigenvalue weighted by Gasteiger charge is -2.09. The molecule has 0 heterocycles. The van der Waals surface area contributed by atoms with Crippen LogP contribution in [-0.2, 0) is 10.0 Å². The van der Waals surface area contributed by atoms with Gasteiger partial charge in [0.2, 0.25) is 10.0 Å². The Bertz CT molecular complexity index is 601. The molecule has 106 valence electrons. The Kier molecular flexibility index (Phi) is 4.43. The summed E-state index contributed by atoms with van der Waals surface area (Å²) in [6.45, 7) is -1.53. The van der Waals surface area contributed by atoms with Crippen LogP contribution in [0.5, 0.6) is 0 Å². The Morgan fingerprint density at radius 3 is 2.42 bits per heavy atom. The summed E-state index contributed by atoms with van der Waals surface area (Å²) in [6, 6.07) is 2.95. The number of hydrogen-bond donors (Lipinski definition) is 2. The number of carbonyl (C=O) groups excluding carboxylic acids is 1. The van der Waals surface area contributed by atoms with Crippen molar-refractivity contribution in [2.45, 2.75) is 11.1 Å².